The Morgan fingerprint density at radius 1 is 1.10 bits per heavy atom. The van der Waals surface area contributed by atoms with Gasteiger partial charge in [0.1, 0.15) is 0 Å². The first-order valence-corrected chi connectivity index (χ1v) is 11.2. The van der Waals surface area contributed by atoms with E-state index >= 15 is 0 Å². The summed E-state index contributed by atoms with van der Waals surface area (Å²) in [5.74, 6) is 0.730. The van der Waals surface area contributed by atoms with Crippen LogP contribution in [-0.4, -0.2) is 32.9 Å². The summed E-state index contributed by atoms with van der Waals surface area (Å²) in [6.07, 6.45) is 6.25. The average Bonchev–Trinajstić information content (AvgIpc) is 2.71. The second-order valence-corrected chi connectivity index (χ2v) is 10.8. The highest BCUT2D eigenvalue weighted by molar-refractivity contribution is 5.93. The van der Waals surface area contributed by atoms with Crippen molar-refractivity contribution >= 4 is 22.8 Å². The Bertz CT molecular complexity index is 1060. The molecule has 1 aromatic heterocycles. The molecule has 5 fully saturated rings. The molecule has 5 aliphatic rings. The van der Waals surface area contributed by atoms with Crippen LogP contribution in [0.2, 0.25) is 0 Å². The van der Waals surface area contributed by atoms with Crippen molar-refractivity contribution in [3.8, 4) is 0 Å². The molecule has 4 aliphatic carbocycles. The molecule has 4 saturated carbocycles. The molecule has 2 aromatic rings. The Labute approximate surface area is 176 Å². The zero-order valence-electron chi connectivity index (χ0n) is 17.5. The first-order valence-electron chi connectivity index (χ1n) is 11.2. The minimum Gasteiger partial charge on any atom is -0.481 e. The number of fused-ring (bicyclic) bond motifs is 1. The number of rotatable bonds is 3. The van der Waals surface area contributed by atoms with Gasteiger partial charge in [-0.1, -0.05) is 18.2 Å². The number of hydrogen-bond acceptors (Lipinski definition) is 3. The molecule has 1 aromatic carbocycles. The molecule has 6 atom stereocenters. The molecule has 4 bridgehead atoms. The molecule has 30 heavy (non-hydrogen) atoms. The number of likely N-dealkylation sites (tertiary alicyclic amines) is 1. The van der Waals surface area contributed by atoms with E-state index in [2.05, 4.69) is 35.9 Å². The molecule has 5 nitrogen and oxygen atoms in total. The standard InChI is InChI=1S/C25H28N2O3/c1-24(2)21(18-5-3-7-19-17(18)6-4-8-26-19)27(22(24)28)20-15-9-14-10-16(20)13-25(11-14,12-15)23(29)30/h3-8,14-16,20-21H,9-13H2,1-2H3,(H,29,30)/t14?,15-,16?,20?,21?,25?/m0/s1. The Kier molecular flexibility index (Phi) is 3.57. The van der Waals surface area contributed by atoms with Gasteiger partial charge in [0.05, 0.1) is 22.4 Å². The van der Waals surface area contributed by atoms with Gasteiger partial charge in [-0.15, -0.1) is 0 Å². The van der Waals surface area contributed by atoms with Crippen LogP contribution in [0.1, 0.15) is 57.6 Å². The molecule has 1 N–H and O–H groups in total. The maximum atomic E-state index is 13.4. The van der Waals surface area contributed by atoms with Crippen LogP contribution in [0.4, 0.5) is 0 Å². The third-order valence-electron chi connectivity index (χ3n) is 8.72. The smallest absolute Gasteiger partial charge is 0.309 e. The molecule has 7 rings (SSSR count). The molecular weight excluding hydrogens is 376 g/mol. The number of β-lactam (4-membered cyclic amide) rings is 1. The zero-order valence-corrected chi connectivity index (χ0v) is 17.5. The molecule has 5 unspecified atom stereocenters. The van der Waals surface area contributed by atoms with Gasteiger partial charge >= 0.3 is 5.97 Å². The number of benzene rings is 1. The van der Waals surface area contributed by atoms with Crippen LogP contribution in [0.5, 0.6) is 0 Å². The number of carboxylic acid groups (broad SMARTS) is 1. The lowest BCUT2D eigenvalue weighted by Crippen LogP contribution is -2.70. The van der Waals surface area contributed by atoms with Crippen LogP contribution in [0.3, 0.4) is 0 Å². The van der Waals surface area contributed by atoms with Gasteiger partial charge < -0.3 is 10.0 Å². The number of hydrogen-bond donors (Lipinski definition) is 1. The fourth-order valence-corrected chi connectivity index (χ4v) is 7.77. The van der Waals surface area contributed by atoms with Crippen LogP contribution in [0.15, 0.2) is 36.5 Å². The molecular formula is C25H28N2O3. The van der Waals surface area contributed by atoms with Crippen LogP contribution < -0.4 is 0 Å². The predicted octanol–water partition coefficient (Wildman–Crippen LogP) is 4.42. The van der Waals surface area contributed by atoms with Crippen molar-refractivity contribution in [2.24, 2.45) is 28.6 Å². The van der Waals surface area contributed by atoms with E-state index < -0.39 is 16.8 Å². The SMILES string of the molecule is CC1(C)C(=O)N(C2C3CC4C[C@H]2CC(C(=O)O)(C4)C3)C1c1cccc2ncccc12. The molecule has 2 heterocycles. The maximum Gasteiger partial charge on any atom is 0.309 e. The zero-order chi connectivity index (χ0) is 20.8. The Balaban J connectivity index is 1.42. The fraction of sp³-hybridized carbons (Fsp3) is 0.560. The molecule has 156 valence electrons. The van der Waals surface area contributed by atoms with Crippen LogP contribution in [0.25, 0.3) is 10.9 Å². The van der Waals surface area contributed by atoms with Gasteiger partial charge in [-0.2, -0.15) is 0 Å². The monoisotopic (exact) mass is 404 g/mol. The number of amides is 1. The number of aromatic nitrogens is 1. The van der Waals surface area contributed by atoms with Crippen molar-refractivity contribution in [3.05, 3.63) is 42.1 Å². The third kappa shape index (κ3) is 2.21. The Hall–Kier alpha value is -2.43. The summed E-state index contributed by atoms with van der Waals surface area (Å²) < 4.78 is 0. The lowest BCUT2D eigenvalue weighted by Gasteiger charge is -2.66. The van der Waals surface area contributed by atoms with E-state index in [-0.39, 0.29) is 18.0 Å². The second-order valence-electron chi connectivity index (χ2n) is 10.8. The molecule has 1 amide bonds. The van der Waals surface area contributed by atoms with Gasteiger partial charge in [0.15, 0.2) is 0 Å². The van der Waals surface area contributed by atoms with E-state index in [1.54, 1.807) is 0 Å². The first-order chi connectivity index (χ1) is 14.3. The van der Waals surface area contributed by atoms with Crippen LogP contribution >= 0.6 is 0 Å². The largest absolute Gasteiger partial charge is 0.481 e. The van der Waals surface area contributed by atoms with Crippen molar-refractivity contribution in [2.75, 3.05) is 0 Å². The van der Waals surface area contributed by atoms with E-state index in [9.17, 15) is 14.7 Å². The van der Waals surface area contributed by atoms with Crippen molar-refractivity contribution < 1.29 is 14.7 Å². The third-order valence-corrected chi connectivity index (χ3v) is 8.72. The summed E-state index contributed by atoms with van der Waals surface area (Å²) in [7, 11) is 0. The summed E-state index contributed by atoms with van der Waals surface area (Å²) >= 11 is 0. The van der Waals surface area contributed by atoms with Gasteiger partial charge in [0.2, 0.25) is 5.91 Å². The number of nitrogens with zero attached hydrogens (tertiary/aromatic N) is 2. The number of pyridine rings is 1. The van der Waals surface area contributed by atoms with E-state index in [0.717, 1.165) is 43.0 Å². The quantitative estimate of drug-likeness (QED) is 0.769. The number of carbonyl (C=O) groups excluding carboxylic acids is 1. The predicted molar refractivity (Wildman–Crippen MR) is 113 cm³/mol. The van der Waals surface area contributed by atoms with Crippen molar-refractivity contribution in [3.63, 3.8) is 0 Å². The molecule has 1 aliphatic heterocycles. The molecule has 0 radical (unpaired) electrons. The van der Waals surface area contributed by atoms with Gasteiger partial charge in [0, 0.05) is 17.6 Å². The summed E-state index contributed by atoms with van der Waals surface area (Å²) in [6.45, 7) is 4.11. The van der Waals surface area contributed by atoms with Gasteiger partial charge in [-0.25, -0.2) is 0 Å². The highest BCUT2D eigenvalue weighted by atomic mass is 16.4. The Morgan fingerprint density at radius 3 is 2.53 bits per heavy atom. The minimum absolute atomic E-state index is 0.0150. The lowest BCUT2D eigenvalue weighted by molar-refractivity contribution is -0.202. The summed E-state index contributed by atoms with van der Waals surface area (Å²) in [5, 5.41) is 11.1. The number of aliphatic carboxylic acids is 1. The minimum atomic E-state index is -0.618. The van der Waals surface area contributed by atoms with Gasteiger partial charge in [0.25, 0.3) is 0 Å². The normalized spacial score (nSPS) is 38.7. The molecule has 1 saturated heterocycles. The maximum absolute atomic E-state index is 13.4. The number of carboxylic acids is 1. The van der Waals surface area contributed by atoms with Gasteiger partial charge in [-0.05, 0) is 81.4 Å². The topological polar surface area (TPSA) is 70.5 Å². The van der Waals surface area contributed by atoms with E-state index in [1.165, 1.54) is 5.56 Å². The molecule has 0 spiro atoms. The van der Waals surface area contributed by atoms with Crippen molar-refractivity contribution in [2.45, 2.75) is 58.0 Å². The van der Waals surface area contributed by atoms with E-state index in [1.807, 2.05) is 24.4 Å². The average molecular weight is 405 g/mol. The van der Waals surface area contributed by atoms with E-state index in [0.29, 0.717) is 17.8 Å². The summed E-state index contributed by atoms with van der Waals surface area (Å²) in [5.41, 5.74) is 1.13. The summed E-state index contributed by atoms with van der Waals surface area (Å²) in [4.78, 5) is 32.2. The van der Waals surface area contributed by atoms with Crippen LogP contribution in [-0.2, 0) is 9.59 Å². The number of carbonyl (C=O) groups is 2. The fourth-order valence-electron chi connectivity index (χ4n) is 7.77. The highest BCUT2D eigenvalue weighted by Gasteiger charge is 2.65. The van der Waals surface area contributed by atoms with Gasteiger partial charge in [-0.3, -0.25) is 14.6 Å². The van der Waals surface area contributed by atoms with E-state index in [4.69, 9.17) is 0 Å². The molecule has 5 heteroatoms. The van der Waals surface area contributed by atoms with Crippen molar-refractivity contribution in [1.29, 1.82) is 0 Å². The van der Waals surface area contributed by atoms with Crippen LogP contribution in [0, 0.1) is 28.6 Å². The summed E-state index contributed by atoms with van der Waals surface area (Å²) in [6, 6.07) is 10.5. The first kappa shape index (κ1) is 18.3. The highest BCUT2D eigenvalue weighted by Crippen LogP contribution is 2.64. The lowest BCUT2D eigenvalue weighted by atomic mass is 9.47. The van der Waals surface area contributed by atoms with Crippen molar-refractivity contribution in [1.82, 2.24) is 9.88 Å². The Morgan fingerprint density at radius 2 is 1.83 bits per heavy atom. The second kappa shape index (κ2) is 5.83.